The van der Waals surface area contributed by atoms with E-state index in [1.165, 1.54) is 23.9 Å². The molecule has 2 heterocycles. The van der Waals surface area contributed by atoms with Crippen LogP contribution in [0.3, 0.4) is 0 Å². The van der Waals surface area contributed by atoms with E-state index in [1.807, 2.05) is 0 Å². The average molecular weight is 406 g/mol. The standard InChI is InChI=1S/C16H27N2O8P/c1-4-24-27(22,25-5-2)10-6-7-11-13(20)14(23-3)15(26-11)18-9-8-12(19)17-16(18)21/h8-9,11,13-15,20H,4-7,10H2,1-3H3,(H,17,19,21). The second-order valence-corrected chi connectivity index (χ2v) is 8.27. The summed E-state index contributed by atoms with van der Waals surface area (Å²) in [7, 11) is -1.76. The van der Waals surface area contributed by atoms with Crippen LogP contribution in [0.5, 0.6) is 0 Å². The summed E-state index contributed by atoms with van der Waals surface area (Å²) in [5.41, 5.74) is -1.18. The molecule has 0 aromatic carbocycles. The summed E-state index contributed by atoms with van der Waals surface area (Å²) in [5.74, 6) is 0. The van der Waals surface area contributed by atoms with E-state index in [9.17, 15) is 19.3 Å². The predicted octanol–water partition coefficient (Wildman–Crippen LogP) is 0.856. The Morgan fingerprint density at radius 1 is 1.30 bits per heavy atom. The van der Waals surface area contributed by atoms with Crippen molar-refractivity contribution in [1.29, 1.82) is 0 Å². The van der Waals surface area contributed by atoms with Crippen molar-refractivity contribution in [2.45, 2.75) is 51.2 Å². The Kier molecular flexibility index (Phi) is 7.96. The Labute approximate surface area is 156 Å². The summed E-state index contributed by atoms with van der Waals surface area (Å²) in [5, 5.41) is 10.5. The summed E-state index contributed by atoms with van der Waals surface area (Å²) in [4.78, 5) is 25.4. The van der Waals surface area contributed by atoms with Crippen molar-refractivity contribution in [1.82, 2.24) is 9.55 Å². The fourth-order valence-corrected chi connectivity index (χ4v) is 4.80. The number of methoxy groups -OCH3 is 1. The first kappa shape index (κ1) is 22.0. The van der Waals surface area contributed by atoms with Crippen LogP contribution in [0.2, 0.25) is 0 Å². The molecule has 2 rings (SSSR count). The molecule has 1 aromatic heterocycles. The van der Waals surface area contributed by atoms with Crippen LogP contribution in [0.1, 0.15) is 32.9 Å². The summed E-state index contributed by atoms with van der Waals surface area (Å²) < 4.78 is 35.3. The molecule has 4 atom stereocenters. The van der Waals surface area contributed by atoms with Gasteiger partial charge in [-0.2, -0.15) is 0 Å². The van der Waals surface area contributed by atoms with Gasteiger partial charge >= 0.3 is 13.3 Å². The average Bonchev–Trinajstić information content (AvgIpc) is 2.91. The van der Waals surface area contributed by atoms with Crippen molar-refractivity contribution >= 4 is 7.60 Å². The van der Waals surface area contributed by atoms with Crippen molar-refractivity contribution in [2.24, 2.45) is 0 Å². The highest BCUT2D eigenvalue weighted by Crippen LogP contribution is 2.49. The minimum absolute atomic E-state index is 0.197. The third-order valence-corrected chi connectivity index (χ3v) is 6.45. The van der Waals surface area contributed by atoms with E-state index in [-0.39, 0.29) is 19.4 Å². The highest BCUT2D eigenvalue weighted by Gasteiger charge is 2.45. The lowest BCUT2D eigenvalue weighted by Gasteiger charge is -2.20. The number of aliphatic hydroxyl groups is 1. The lowest BCUT2D eigenvalue weighted by molar-refractivity contribution is -0.0549. The van der Waals surface area contributed by atoms with E-state index < -0.39 is 43.4 Å². The number of H-pyrrole nitrogens is 1. The third-order valence-electron chi connectivity index (χ3n) is 4.28. The van der Waals surface area contributed by atoms with E-state index in [0.717, 1.165) is 0 Å². The molecule has 10 nitrogen and oxygen atoms in total. The number of hydrogen-bond acceptors (Lipinski definition) is 8. The lowest BCUT2D eigenvalue weighted by Crippen LogP contribution is -2.38. The topological polar surface area (TPSA) is 129 Å². The van der Waals surface area contributed by atoms with E-state index in [4.69, 9.17) is 18.5 Å². The molecular formula is C16H27N2O8P. The number of aromatic nitrogens is 2. The number of hydrogen-bond donors (Lipinski definition) is 2. The van der Waals surface area contributed by atoms with E-state index in [2.05, 4.69) is 4.98 Å². The molecule has 0 bridgehead atoms. The fraction of sp³-hybridized carbons (Fsp3) is 0.750. The van der Waals surface area contributed by atoms with Gasteiger partial charge in [-0.3, -0.25) is 18.9 Å². The van der Waals surface area contributed by atoms with Crippen LogP contribution in [-0.4, -0.2) is 59.5 Å². The second kappa shape index (κ2) is 9.77. The van der Waals surface area contributed by atoms with Crippen molar-refractivity contribution in [3.63, 3.8) is 0 Å². The molecule has 1 fully saturated rings. The first-order valence-corrected chi connectivity index (χ1v) is 10.6. The number of rotatable bonds is 10. The van der Waals surface area contributed by atoms with Crippen molar-refractivity contribution in [3.8, 4) is 0 Å². The summed E-state index contributed by atoms with van der Waals surface area (Å²) in [6.45, 7) is 4.04. The molecule has 2 N–H and O–H groups in total. The summed E-state index contributed by atoms with van der Waals surface area (Å²) >= 11 is 0. The summed E-state index contributed by atoms with van der Waals surface area (Å²) in [6.07, 6.45) is -0.988. The monoisotopic (exact) mass is 406 g/mol. The molecule has 0 saturated carbocycles. The zero-order chi connectivity index (χ0) is 20.0. The van der Waals surface area contributed by atoms with Crippen LogP contribution >= 0.6 is 7.60 Å². The Balaban J connectivity index is 2.05. The molecular weight excluding hydrogens is 379 g/mol. The minimum atomic E-state index is -3.17. The maximum Gasteiger partial charge on any atom is 0.330 e. The Bertz CT molecular complexity index is 753. The molecule has 0 spiro atoms. The summed E-state index contributed by atoms with van der Waals surface area (Å²) in [6, 6.07) is 1.19. The van der Waals surface area contributed by atoms with Gasteiger partial charge in [0.25, 0.3) is 5.56 Å². The van der Waals surface area contributed by atoms with Gasteiger partial charge in [0, 0.05) is 19.4 Å². The SMILES string of the molecule is CCOP(=O)(CCCC1OC(n2ccc(=O)[nH]c2=O)C(OC)C1O)OCC. The first-order valence-electron chi connectivity index (χ1n) is 8.91. The maximum absolute atomic E-state index is 12.5. The van der Waals surface area contributed by atoms with Crippen molar-refractivity contribution < 1.29 is 28.2 Å². The lowest BCUT2D eigenvalue weighted by atomic mass is 10.1. The third kappa shape index (κ3) is 5.37. The smallest absolute Gasteiger partial charge is 0.330 e. The van der Waals surface area contributed by atoms with Gasteiger partial charge in [-0.05, 0) is 26.7 Å². The number of ether oxygens (including phenoxy) is 2. The molecule has 1 saturated heterocycles. The largest absolute Gasteiger partial charge is 0.388 e. The van der Waals surface area contributed by atoms with Crippen molar-refractivity contribution in [2.75, 3.05) is 26.5 Å². The molecule has 0 amide bonds. The molecule has 1 aliphatic rings. The molecule has 11 heteroatoms. The van der Waals surface area contributed by atoms with Gasteiger partial charge in [-0.15, -0.1) is 0 Å². The number of nitrogens with zero attached hydrogens (tertiary/aromatic N) is 1. The van der Waals surface area contributed by atoms with Gasteiger partial charge in [0.1, 0.15) is 12.2 Å². The maximum atomic E-state index is 12.5. The van der Waals surface area contributed by atoms with Crippen LogP contribution in [0, 0.1) is 0 Å². The van der Waals surface area contributed by atoms with Gasteiger partial charge in [0.05, 0.1) is 25.5 Å². The molecule has 0 radical (unpaired) electrons. The van der Waals surface area contributed by atoms with Crippen LogP contribution in [0.15, 0.2) is 21.9 Å². The molecule has 1 aromatic rings. The number of nitrogens with one attached hydrogen (secondary N) is 1. The molecule has 1 aliphatic heterocycles. The van der Waals surface area contributed by atoms with Crippen LogP contribution in [0.25, 0.3) is 0 Å². The number of aliphatic hydroxyl groups excluding tert-OH is 1. The van der Waals surface area contributed by atoms with Gasteiger partial charge in [0.15, 0.2) is 6.23 Å². The Hall–Kier alpha value is -1.29. The highest BCUT2D eigenvalue weighted by atomic mass is 31.2. The van der Waals surface area contributed by atoms with Crippen molar-refractivity contribution in [3.05, 3.63) is 33.1 Å². The predicted molar refractivity (Wildman–Crippen MR) is 97.0 cm³/mol. The second-order valence-electron chi connectivity index (χ2n) is 6.09. The van der Waals surface area contributed by atoms with Crippen LogP contribution in [-0.2, 0) is 23.1 Å². The van der Waals surface area contributed by atoms with E-state index in [1.54, 1.807) is 13.8 Å². The van der Waals surface area contributed by atoms with E-state index >= 15 is 0 Å². The molecule has 0 aliphatic carbocycles. The number of aromatic amines is 1. The normalized spacial score (nSPS) is 25.8. The molecule has 27 heavy (non-hydrogen) atoms. The van der Waals surface area contributed by atoms with Gasteiger partial charge < -0.3 is 23.6 Å². The zero-order valence-corrected chi connectivity index (χ0v) is 16.6. The quantitative estimate of drug-likeness (QED) is 0.547. The minimum Gasteiger partial charge on any atom is -0.388 e. The van der Waals surface area contributed by atoms with E-state index in [0.29, 0.717) is 12.8 Å². The van der Waals surface area contributed by atoms with Crippen LogP contribution < -0.4 is 11.2 Å². The fourth-order valence-electron chi connectivity index (χ4n) is 3.11. The van der Waals surface area contributed by atoms with Gasteiger partial charge in [-0.1, -0.05) is 0 Å². The highest BCUT2D eigenvalue weighted by molar-refractivity contribution is 7.53. The zero-order valence-electron chi connectivity index (χ0n) is 15.7. The molecule has 4 unspecified atom stereocenters. The Morgan fingerprint density at radius 2 is 1.96 bits per heavy atom. The van der Waals surface area contributed by atoms with Gasteiger partial charge in [0.2, 0.25) is 0 Å². The first-order chi connectivity index (χ1) is 12.8. The van der Waals surface area contributed by atoms with Gasteiger partial charge in [-0.25, -0.2) is 4.79 Å². The molecule has 154 valence electrons. The Morgan fingerprint density at radius 3 is 2.52 bits per heavy atom. The van der Waals surface area contributed by atoms with Crippen LogP contribution in [0.4, 0.5) is 0 Å².